The van der Waals surface area contributed by atoms with Crippen molar-refractivity contribution in [1.82, 2.24) is 5.32 Å². The highest BCUT2D eigenvalue weighted by Gasteiger charge is 2.25. The predicted molar refractivity (Wildman–Crippen MR) is 97.8 cm³/mol. The topological polar surface area (TPSA) is 71.3 Å². The molecule has 6 heteroatoms. The van der Waals surface area contributed by atoms with Gasteiger partial charge in [-0.2, -0.15) is 0 Å². The van der Waals surface area contributed by atoms with Crippen LogP contribution in [0.15, 0.2) is 52.9 Å². The van der Waals surface area contributed by atoms with Gasteiger partial charge in [-0.15, -0.1) is 0 Å². The number of anilines is 1. The van der Waals surface area contributed by atoms with Crippen LogP contribution in [-0.4, -0.2) is 17.4 Å². The van der Waals surface area contributed by atoms with Gasteiger partial charge >= 0.3 is 0 Å². The molecule has 0 atom stereocenters. The van der Waals surface area contributed by atoms with Crippen LogP contribution in [0.3, 0.4) is 0 Å². The first-order chi connectivity index (χ1) is 12.2. The summed E-state index contributed by atoms with van der Waals surface area (Å²) in [5, 5.41) is 6.16. The molecule has 3 aromatic rings. The molecule has 1 heterocycles. The largest absolute Gasteiger partial charge is 0.449 e. The number of rotatable bonds is 3. The monoisotopic (exact) mass is 354 g/mol. The minimum atomic E-state index is -0.464. The maximum Gasteiger partial charge on any atom is 0.289 e. The fourth-order valence-electron chi connectivity index (χ4n) is 2.51. The van der Waals surface area contributed by atoms with Crippen molar-refractivity contribution in [3.8, 4) is 0 Å². The fraction of sp³-hybridized carbons (Fsp3) is 0.200. The number of furan rings is 1. The molecule has 2 aromatic carbocycles. The summed E-state index contributed by atoms with van der Waals surface area (Å²) in [6.07, 6.45) is 0. The van der Waals surface area contributed by atoms with Gasteiger partial charge in [0.15, 0.2) is 0 Å². The highest BCUT2D eigenvalue weighted by atomic mass is 19.1. The first kappa shape index (κ1) is 17.7. The van der Waals surface area contributed by atoms with Crippen LogP contribution in [0.1, 0.15) is 41.7 Å². The predicted octanol–water partition coefficient (Wildman–Crippen LogP) is 4.35. The summed E-state index contributed by atoms with van der Waals surface area (Å²) in [6, 6.07) is 12.2. The van der Waals surface area contributed by atoms with E-state index < -0.39 is 23.2 Å². The normalized spacial score (nSPS) is 11.4. The lowest BCUT2D eigenvalue weighted by molar-refractivity contribution is 0.0894. The number of hydrogen-bond acceptors (Lipinski definition) is 3. The lowest BCUT2D eigenvalue weighted by atomic mass is 10.1. The van der Waals surface area contributed by atoms with Crippen LogP contribution in [0.2, 0.25) is 0 Å². The molecular formula is C20H19FN2O3. The third-order valence-electron chi connectivity index (χ3n) is 3.64. The number of fused-ring (bicyclic) bond motifs is 1. The molecule has 2 N–H and O–H groups in total. The molecule has 0 fully saturated rings. The lowest BCUT2D eigenvalue weighted by Crippen LogP contribution is -2.40. The van der Waals surface area contributed by atoms with E-state index in [4.69, 9.17) is 4.42 Å². The number of halogens is 1. The zero-order valence-electron chi connectivity index (χ0n) is 14.7. The van der Waals surface area contributed by atoms with Gasteiger partial charge in [0.2, 0.25) is 5.76 Å². The van der Waals surface area contributed by atoms with Gasteiger partial charge in [0, 0.05) is 16.5 Å². The average Bonchev–Trinajstić information content (AvgIpc) is 2.93. The van der Waals surface area contributed by atoms with E-state index in [1.54, 1.807) is 24.3 Å². The van der Waals surface area contributed by atoms with Gasteiger partial charge in [-0.3, -0.25) is 9.59 Å². The van der Waals surface area contributed by atoms with Crippen LogP contribution in [0.25, 0.3) is 11.0 Å². The van der Waals surface area contributed by atoms with E-state index in [0.717, 1.165) is 0 Å². The van der Waals surface area contributed by atoms with Crippen LogP contribution >= 0.6 is 0 Å². The van der Waals surface area contributed by atoms with E-state index in [9.17, 15) is 14.0 Å². The Kier molecular flexibility index (Phi) is 4.50. The number of para-hydroxylation sites is 1. The molecule has 1 aromatic heterocycles. The van der Waals surface area contributed by atoms with Gasteiger partial charge in [0.1, 0.15) is 17.1 Å². The van der Waals surface area contributed by atoms with Gasteiger partial charge in [0.05, 0.1) is 0 Å². The molecule has 0 aliphatic heterocycles. The Bertz CT molecular complexity index is 969. The maximum absolute atomic E-state index is 13.1. The maximum atomic E-state index is 13.1. The number of benzene rings is 2. The zero-order chi connectivity index (χ0) is 18.9. The molecule has 0 aliphatic carbocycles. The van der Waals surface area contributed by atoms with Gasteiger partial charge in [-0.1, -0.05) is 12.1 Å². The van der Waals surface area contributed by atoms with E-state index >= 15 is 0 Å². The van der Waals surface area contributed by atoms with Crippen LogP contribution in [0.5, 0.6) is 0 Å². The minimum absolute atomic E-state index is 0.0246. The fourth-order valence-corrected chi connectivity index (χ4v) is 2.51. The minimum Gasteiger partial charge on any atom is -0.449 e. The van der Waals surface area contributed by atoms with Crippen molar-refractivity contribution in [2.24, 2.45) is 0 Å². The van der Waals surface area contributed by atoms with E-state index in [0.29, 0.717) is 11.0 Å². The lowest BCUT2D eigenvalue weighted by Gasteiger charge is -2.20. The molecule has 5 nitrogen and oxygen atoms in total. The molecule has 0 spiro atoms. The molecule has 0 bridgehead atoms. The molecule has 134 valence electrons. The van der Waals surface area contributed by atoms with Crippen molar-refractivity contribution in [1.29, 1.82) is 0 Å². The van der Waals surface area contributed by atoms with Crippen molar-refractivity contribution in [3.63, 3.8) is 0 Å². The standard InChI is InChI=1S/C20H19FN2O3/c1-20(2,3)23-19(25)17-16(14-6-4-5-7-15(14)26-17)22-18(24)12-8-10-13(21)11-9-12/h4-11H,1-3H3,(H,22,24)(H,23,25). The Balaban J connectivity index is 2.00. The van der Waals surface area contributed by atoms with E-state index in [1.165, 1.54) is 24.3 Å². The van der Waals surface area contributed by atoms with E-state index in [-0.39, 0.29) is 17.0 Å². The van der Waals surface area contributed by atoms with E-state index in [2.05, 4.69) is 10.6 Å². The highest BCUT2D eigenvalue weighted by Crippen LogP contribution is 2.31. The first-order valence-electron chi connectivity index (χ1n) is 8.15. The van der Waals surface area contributed by atoms with Gasteiger partial charge in [-0.05, 0) is 57.2 Å². The van der Waals surface area contributed by atoms with Crippen molar-refractivity contribution in [3.05, 3.63) is 65.7 Å². The molecule has 3 rings (SSSR count). The number of hydrogen-bond donors (Lipinski definition) is 2. The molecule has 0 unspecified atom stereocenters. The molecule has 26 heavy (non-hydrogen) atoms. The van der Waals surface area contributed by atoms with Crippen LogP contribution in [0, 0.1) is 5.82 Å². The van der Waals surface area contributed by atoms with Crippen LogP contribution in [-0.2, 0) is 0 Å². The highest BCUT2D eigenvalue weighted by molar-refractivity contribution is 6.14. The average molecular weight is 354 g/mol. The van der Waals surface area contributed by atoms with Crippen LogP contribution < -0.4 is 10.6 Å². The Labute approximate surface area is 150 Å². The number of carbonyl (C=O) groups excluding carboxylic acids is 2. The second-order valence-corrected chi connectivity index (χ2v) is 6.97. The van der Waals surface area contributed by atoms with Crippen molar-refractivity contribution in [2.45, 2.75) is 26.3 Å². The molecule has 0 saturated carbocycles. The number of carbonyl (C=O) groups is 2. The summed E-state index contributed by atoms with van der Waals surface area (Å²) < 4.78 is 18.7. The van der Waals surface area contributed by atoms with Crippen molar-refractivity contribution in [2.75, 3.05) is 5.32 Å². The van der Waals surface area contributed by atoms with Crippen molar-refractivity contribution >= 4 is 28.5 Å². The molecular weight excluding hydrogens is 335 g/mol. The smallest absolute Gasteiger partial charge is 0.289 e. The van der Waals surface area contributed by atoms with Crippen LogP contribution in [0.4, 0.5) is 10.1 Å². The quantitative estimate of drug-likeness (QED) is 0.734. The summed E-state index contributed by atoms with van der Waals surface area (Å²) in [5.41, 5.74) is 0.588. The molecule has 0 radical (unpaired) electrons. The number of nitrogens with one attached hydrogen (secondary N) is 2. The van der Waals surface area contributed by atoms with Gasteiger partial charge in [0.25, 0.3) is 11.8 Å². The summed E-state index contributed by atoms with van der Waals surface area (Å²) in [5.74, 6) is -1.29. The van der Waals surface area contributed by atoms with Gasteiger partial charge < -0.3 is 15.1 Å². The Hall–Kier alpha value is -3.15. The van der Waals surface area contributed by atoms with Crippen molar-refractivity contribution < 1.29 is 18.4 Å². The SMILES string of the molecule is CC(C)(C)NC(=O)c1oc2ccccc2c1NC(=O)c1ccc(F)cc1. The Morgan fingerprint density at radius 1 is 0.962 bits per heavy atom. The van der Waals surface area contributed by atoms with Gasteiger partial charge in [-0.25, -0.2) is 4.39 Å². The zero-order valence-corrected chi connectivity index (χ0v) is 14.7. The summed E-state index contributed by atoms with van der Waals surface area (Å²) in [7, 11) is 0. The molecule has 0 saturated heterocycles. The molecule has 2 amide bonds. The first-order valence-corrected chi connectivity index (χ1v) is 8.15. The molecule has 0 aliphatic rings. The third-order valence-corrected chi connectivity index (χ3v) is 3.64. The summed E-state index contributed by atoms with van der Waals surface area (Å²) in [4.78, 5) is 25.1. The third kappa shape index (κ3) is 3.74. The second kappa shape index (κ2) is 6.63. The summed E-state index contributed by atoms with van der Waals surface area (Å²) in [6.45, 7) is 5.55. The Morgan fingerprint density at radius 3 is 2.27 bits per heavy atom. The Morgan fingerprint density at radius 2 is 1.62 bits per heavy atom. The number of amides is 2. The second-order valence-electron chi connectivity index (χ2n) is 6.97. The summed E-state index contributed by atoms with van der Waals surface area (Å²) >= 11 is 0. The van der Waals surface area contributed by atoms with E-state index in [1.807, 2.05) is 20.8 Å².